The lowest BCUT2D eigenvalue weighted by Gasteiger charge is -2.33. The first-order chi connectivity index (χ1) is 12.1. The van der Waals surface area contributed by atoms with Crippen molar-refractivity contribution < 1.29 is 14.4 Å². The van der Waals surface area contributed by atoms with Crippen LogP contribution in [0.3, 0.4) is 0 Å². The van der Waals surface area contributed by atoms with E-state index in [0.717, 1.165) is 9.80 Å². The minimum atomic E-state index is -0.713. The van der Waals surface area contributed by atoms with Crippen molar-refractivity contribution in [3.8, 4) is 0 Å². The van der Waals surface area contributed by atoms with E-state index in [1.165, 1.54) is 18.2 Å². The molecule has 0 aromatic heterocycles. The van der Waals surface area contributed by atoms with Crippen molar-refractivity contribution in [2.24, 2.45) is 0 Å². The quantitative estimate of drug-likeness (QED) is 0.589. The van der Waals surface area contributed by atoms with Crippen molar-refractivity contribution >= 4 is 23.5 Å². The van der Waals surface area contributed by atoms with Crippen LogP contribution in [0, 0.1) is 0 Å². The molecule has 0 aliphatic carbocycles. The molecule has 4 amide bonds. The van der Waals surface area contributed by atoms with Gasteiger partial charge in [-0.2, -0.15) is 0 Å². The van der Waals surface area contributed by atoms with E-state index in [0.29, 0.717) is 5.69 Å². The molecule has 5 heteroatoms. The summed E-state index contributed by atoms with van der Waals surface area (Å²) < 4.78 is 0. The van der Waals surface area contributed by atoms with Gasteiger partial charge in [0.05, 0.1) is 11.4 Å². The van der Waals surface area contributed by atoms with Crippen molar-refractivity contribution in [3.05, 3.63) is 67.4 Å². The number of carbonyl (C=O) groups is 3. The Labute approximate surface area is 149 Å². The largest absolute Gasteiger partial charge is 0.342 e. The number of urea groups is 1. The van der Waals surface area contributed by atoms with Crippen LogP contribution in [-0.4, -0.2) is 22.7 Å². The van der Waals surface area contributed by atoms with E-state index >= 15 is 0 Å². The fourth-order valence-electron chi connectivity index (χ4n) is 2.04. The molecular formula is C20H26N2O3. The smallest absolute Gasteiger partial charge is 0.273 e. The van der Waals surface area contributed by atoms with E-state index in [2.05, 4.69) is 13.2 Å². The van der Waals surface area contributed by atoms with Crippen molar-refractivity contribution in [2.75, 3.05) is 4.90 Å². The molecule has 0 bridgehead atoms. The van der Waals surface area contributed by atoms with Gasteiger partial charge in [-0.25, -0.2) is 14.6 Å². The highest BCUT2D eigenvalue weighted by Gasteiger charge is 2.39. The molecule has 1 aliphatic heterocycles. The van der Waals surface area contributed by atoms with Crippen LogP contribution in [0.1, 0.15) is 34.1 Å². The normalized spacial score (nSPS) is 14.1. The number of hydrogen-bond donors (Lipinski definition) is 0. The second-order valence-corrected chi connectivity index (χ2v) is 4.28. The van der Waals surface area contributed by atoms with Crippen LogP contribution in [-0.2, 0) is 9.59 Å². The molecule has 0 spiro atoms. The predicted molar refractivity (Wildman–Crippen MR) is 102 cm³/mol. The van der Waals surface area contributed by atoms with E-state index in [4.69, 9.17) is 0 Å². The number of rotatable bonds is 4. The average Bonchev–Trinajstić information content (AvgIpc) is 2.65. The van der Waals surface area contributed by atoms with Crippen LogP contribution < -0.4 is 4.90 Å². The number of carbonyl (C=O) groups excluding carboxylic acids is 3. The molecule has 1 heterocycles. The number of para-hydroxylation sites is 1. The molecule has 0 unspecified atom stereocenters. The molecule has 0 N–H and O–H groups in total. The van der Waals surface area contributed by atoms with Gasteiger partial charge in [0.15, 0.2) is 0 Å². The number of anilines is 1. The molecule has 0 saturated carbocycles. The summed E-state index contributed by atoms with van der Waals surface area (Å²) in [5.74, 6) is -1.13. The van der Waals surface area contributed by atoms with Gasteiger partial charge in [-0.05, 0) is 24.3 Å². The Morgan fingerprint density at radius 1 is 0.960 bits per heavy atom. The van der Waals surface area contributed by atoms with Crippen LogP contribution in [0.4, 0.5) is 10.5 Å². The summed E-state index contributed by atoms with van der Waals surface area (Å²) in [5.41, 5.74) is 0.709. The fourth-order valence-corrected chi connectivity index (χ4v) is 2.04. The minimum absolute atomic E-state index is 0.286. The number of nitrogens with zero attached hydrogens (tertiary/aromatic N) is 2. The van der Waals surface area contributed by atoms with E-state index in [1.807, 2.05) is 27.7 Å². The maximum Gasteiger partial charge on any atom is 0.342 e. The van der Waals surface area contributed by atoms with Crippen molar-refractivity contribution in [1.82, 2.24) is 4.90 Å². The second kappa shape index (κ2) is 11.6. The van der Waals surface area contributed by atoms with E-state index in [9.17, 15) is 14.4 Å². The Kier molecular flexibility index (Phi) is 10.2. The Morgan fingerprint density at radius 2 is 1.52 bits per heavy atom. The maximum absolute atomic E-state index is 12.5. The third-order valence-corrected chi connectivity index (χ3v) is 2.95. The zero-order valence-electron chi connectivity index (χ0n) is 15.4. The summed E-state index contributed by atoms with van der Waals surface area (Å²) in [6.45, 7) is 15.1. The number of barbiturate groups is 1. The highest BCUT2D eigenvalue weighted by Crippen LogP contribution is 2.24. The van der Waals surface area contributed by atoms with E-state index in [-0.39, 0.29) is 12.1 Å². The Balaban J connectivity index is 0.00000134. The first-order valence-electron chi connectivity index (χ1n) is 8.30. The number of allylic oxidation sites excluding steroid dienone is 3. The Hall–Kier alpha value is -2.95. The molecule has 1 saturated heterocycles. The topological polar surface area (TPSA) is 57.7 Å². The van der Waals surface area contributed by atoms with Gasteiger partial charge >= 0.3 is 6.03 Å². The molecule has 134 valence electrons. The summed E-state index contributed by atoms with van der Waals surface area (Å²) in [5, 5.41) is 0. The monoisotopic (exact) mass is 342 g/mol. The molecule has 1 fully saturated rings. The zero-order valence-corrected chi connectivity index (χ0v) is 15.4. The minimum Gasteiger partial charge on any atom is -0.273 e. The molecular weight excluding hydrogens is 316 g/mol. The van der Waals surface area contributed by atoms with Gasteiger partial charge in [0.2, 0.25) is 11.8 Å². The lowest BCUT2D eigenvalue weighted by molar-refractivity contribution is -0.133. The molecule has 1 aromatic rings. The third kappa shape index (κ3) is 5.28. The first-order valence-corrected chi connectivity index (χ1v) is 8.30. The third-order valence-electron chi connectivity index (χ3n) is 2.95. The van der Waals surface area contributed by atoms with Crippen LogP contribution in [0.2, 0.25) is 0 Å². The van der Waals surface area contributed by atoms with Gasteiger partial charge < -0.3 is 0 Å². The second-order valence-electron chi connectivity index (χ2n) is 4.28. The van der Waals surface area contributed by atoms with Crippen molar-refractivity contribution in [2.45, 2.75) is 34.1 Å². The lowest BCUT2D eigenvalue weighted by Crippen LogP contribution is -2.54. The number of benzene rings is 1. The summed E-state index contributed by atoms with van der Waals surface area (Å²) >= 11 is 0. The Bertz CT molecular complexity index is 648. The zero-order chi connectivity index (χ0) is 19.4. The lowest BCUT2D eigenvalue weighted by atomic mass is 10.2. The summed E-state index contributed by atoms with van der Waals surface area (Å²) in [6.07, 6.45) is 3.93. The van der Waals surface area contributed by atoms with E-state index in [1.54, 1.807) is 30.3 Å². The summed E-state index contributed by atoms with van der Waals surface area (Å²) in [4.78, 5) is 38.5. The molecule has 1 aliphatic rings. The Morgan fingerprint density at radius 3 is 2.00 bits per heavy atom. The van der Waals surface area contributed by atoms with Crippen molar-refractivity contribution in [3.63, 3.8) is 0 Å². The SMILES string of the molecule is C=C/C=C(\C=C)N1C(=O)CC(=O)N(c2ccccc2)C1=O.CC.CC. The highest BCUT2D eigenvalue weighted by atomic mass is 16.2. The molecule has 0 radical (unpaired) electrons. The molecule has 5 nitrogen and oxygen atoms in total. The molecule has 1 aromatic carbocycles. The first kappa shape index (κ1) is 22.1. The van der Waals surface area contributed by atoms with Gasteiger partial charge in [0.1, 0.15) is 6.42 Å². The van der Waals surface area contributed by atoms with Crippen molar-refractivity contribution in [1.29, 1.82) is 0 Å². The van der Waals surface area contributed by atoms with Gasteiger partial charge in [-0.15, -0.1) is 0 Å². The van der Waals surface area contributed by atoms with Gasteiger partial charge in [-0.3, -0.25) is 9.59 Å². The predicted octanol–water partition coefficient (Wildman–Crippen LogP) is 4.68. The maximum atomic E-state index is 12.5. The van der Waals surface area contributed by atoms with Crippen LogP contribution in [0.25, 0.3) is 0 Å². The van der Waals surface area contributed by atoms with Crippen LogP contribution in [0.15, 0.2) is 67.4 Å². The van der Waals surface area contributed by atoms with Gasteiger partial charge in [0, 0.05) is 0 Å². The standard InChI is InChI=1S/C16H14N2O3.2C2H6/c1-3-8-12(4-2)17-14(19)11-15(20)18(16(17)21)13-9-6-5-7-10-13;2*1-2/h3-10H,1-2,11H2;2*1-2H3/b12-8+;;. The number of amides is 4. The molecule has 25 heavy (non-hydrogen) atoms. The summed E-state index contributed by atoms with van der Waals surface area (Å²) in [6, 6.07) is 7.76. The van der Waals surface area contributed by atoms with Crippen LogP contribution >= 0.6 is 0 Å². The van der Waals surface area contributed by atoms with Gasteiger partial charge in [0.25, 0.3) is 0 Å². The molecule has 0 atom stereocenters. The van der Waals surface area contributed by atoms with E-state index < -0.39 is 17.8 Å². The summed E-state index contributed by atoms with van der Waals surface area (Å²) in [7, 11) is 0. The number of imide groups is 2. The fraction of sp³-hybridized carbons (Fsp3) is 0.250. The molecule has 2 rings (SSSR count). The van der Waals surface area contributed by atoms with Crippen LogP contribution in [0.5, 0.6) is 0 Å². The number of hydrogen-bond acceptors (Lipinski definition) is 3. The average molecular weight is 342 g/mol. The van der Waals surface area contributed by atoms with Gasteiger partial charge in [-0.1, -0.05) is 65.1 Å². The highest BCUT2D eigenvalue weighted by molar-refractivity contribution is 6.26.